The number of rotatable bonds is 5. The van der Waals surface area contributed by atoms with Crippen LogP contribution in [-0.4, -0.2) is 32.8 Å². The smallest absolute Gasteiger partial charge is 0.307 e. The zero-order chi connectivity index (χ0) is 18.8. The van der Waals surface area contributed by atoms with Crippen LogP contribution in [0.3, 0.4) is 0 Å². The number of thiazole rings is 1. The highest BCUT2D eigenvalue weighted by Crippen LogP contribution is 2.32. The summed E-state index contributed by atoms with van der Waals surface area (Å²) in [5.41, 5.74) is 1.30. The molecule has 4 rings (SSSR count). The Kier molecular flexibility index (Phi) is 5.18. The average Bonchev–Trinajstić information content (AvgIpc) is 3.28. The van der Waals surface area contributed by atoms with E-state index in [1.165, 1.54) is 17.4 Å². The van der Waals surface area contributed by atoms with Crippen LogP contribution in [0.25, 0.3) is 11.5 Å². The lowest BCUT2D eigenvalue weighted by atomic mass is 10.0. The molecule has 2 aromatic heterocycles. The lowest BCUT2D eigenvalue weighted by Crippen LogP contribution is -2.37. The van der Waals surface area contributed by atoms with E-state index in [0.717, 1.165) is 38.0 Å². The first-order chi connectivity index (χ1) is 13.1. The number of hydrogen-bond acceptors (Lipinski definition) is 6. The Hall–Kier alpha value is -2.32. The first-order valence-corrected chi connectivity index (χ1v) is 9.99. The van der Waals surface area contributed by atoms with Gasteiger partial charge in [-0.05, 0) is 38.4 Å². The minimum Gasteiger partial charge on any atom is -0.419 e. The molecule has 0 aliphatic carbocycles. The summed E-state index contributed by atoms with van der Waals surface area (Å²) in [5, 5.41) is 10.1. The largest absolute Gasteiger partial charge is 0.419 e. The molecule has 0 unspecified atom stereocenters. The van der Waals surface area contributed by atoms with E-state index in [9.17, 15) is 9.18 Å². The zero-order valence-corrected chi connectivity index (χ0v) is 15.9. The number of benzene rings is 1. The van der Waals surface area contributed by atoms with E-state index in [1.807, 2.05) is 12.3 Å². The molecule has 27 heavy (non-hydrogen) atoms. The first-order valence-electron chi connectivity index (χ1n) is 9.11. The summed E-state index contributed by atoms with van der Waals surface area (Å²) in [5.74, 6) is 0.348. The molecular formula is C19H21FN4O2S. The number of nitrogens with zero attached hydrogens (tertiary/aromatic N) is 4. The topological polar surface area (TPSA) is 64.2 Å². The molecule has 6 nitrogen and oxygen atoms in total. The Morgan fingerprint density at radius 2 is 2.11 bits per heavy atom. The van der Waals surface area contributed by atoms with Gasteiger partial charge in [0.25, 0.3) is 5.89 Å². The van der Waals surface area contributed by atoms with Crippen LogP contribution in [0, 0.1) is 12.7 Å². The number of aromatic nitrogens is 3. The summed E-state index contributed by atoms with van der Waals surface area (Å²) in [6.07, 6.45) is 3.09. The van der Waals surface area contributed by atoms with Crippen molar-refractivity contribution in [1.82, 2.24) is 19.7 Å². The van der Waals surface area contributed by atoms with E-state index in [1.54, 1.807) is 22.8 Å². The molecule has 0 spiro atoms. The van der Waals surface area contributed by atoms with Gasteiger partial charge in [-0.1, -0.05) is 29.9 Å². The van der Waals surface area contributed by atoms with Gasteiger partial charge in [-0.15, -0.1) is 10.2 Å². The lowest BCUT2D eigenvalue weighted by molar-refractivity contribution is 0.121. The second-order valence-electron chi connectivity index (χ2n) is 6.77. The Bertz CT molecular complexity index is 980. The van der Waals surface area contributed by atoms with Crippen LogP contribution < -0.4 is 4.87 Å². The van der Waals surface area contributed by atoms with E-state index >= 15 is 0 Å². The molecule has 0 saturated carbocycles. The second kappa shape index (κ2) is 7.74. The molecule has 8 heteroatoms. The molecule has 3 heterocycles. The molecule has 1 aromatic carbocycles. The van der Waals surface area contributed by atoms with E-state index in [2.05, 4.69) is 15.1 Å². The summed E-state index contributed by atoms with van der Waals surface area (Å²) >= 11 is 1.23. The predicted octanol–water partition coefficient (Wildman–Crippen LogP) is 3.63. The average molecular weight is 388 g/mol. The molecule has 3 aromatic rings. The minimum absolute atomic E-state index is 0.00131. The van der Waals surface area contributed by atoms with E-state index in [0.29, 0.717) is 18.0 Å². The second-order valence-corrected chi connectivity index (χ2v) is 7.59. The van der Waals surface area contributed by atoms with Crippen molar-refractivity contribution in [3.05, 3.63) is 56.7 Å². The van der Waals surface area contributed by atoms with Gasteiger partial charge >= 0.3 is 4.87 Å². The molecule has 1 saturated heterocycles. The van der Waals surface area contributed by atoms with E-state index in [-0.39, 0.29) is 22.6 Å². The van der Waals surface area contributed by atoms with Gasteiger partial charge in [0.05, 0.1) is 11.6 Å². The maximum absolute atomic E-state index is 14.0. The Balaban J connectivity index is 1.53. The van der Waals surface area contributed by atoms with Crippen LogP contribution in [-0.2, 0) is 6.54 Å². The summed E-state index contributed by atoms with van der Waals surface area (Å²) < 4.78 is 21.6. The predicted molar refractivity (Wildman–Crippen MR) is 101 cm³/mol. The molecule has 0 amide bonds. The maximum atomic E-state index is 14.0. The van der Waals surface area contributed by atoms with Crippen molar-refractivity contribution in [1.29, 1.82) is 0 Å². The summed E-state index contributed by atoms with van der Waals surface area (Å²) in [4.78, 5) is 14.3. The first kappa shape index (κ1) is 18.1. The van der Waals surface area contributed by atoms with Crippen LogP contribution in [0.15, 0.2) is 38.9 Å². The Labute approximate surface area is 160 Å². The van der Waals surface area contributed by atoms with Crippen LogP contribution in [0.4, 0.5) is 4.39 Å². The molecular weight excluding hydrogens is 367 g/mol. The summed E-state index contributed by atoms with van der Waals surface area (Å²) in [7, 11) is 0. The number of piperidine rings is 1. The van der Waals surface area contributed by atoms with Gasteiger partial charge in [0.15, 0.2) is 0 Å². The number of halogens is 1. The fourth-order valence-corrected chi connectivity index (χ4v) is 4.32. The van der Waals surface area contributed by atoms with Crippen molar-refractivity contribution in [2.24, 2.45) is 0 Å². The SMILES string of the molecule is Cc1csc(=O)n1CCN1CCCC[C@@H]1c1nnc(-c2ccccc2F)o1. The van der Waals surface area contributed by atoms with Crippen molar-refractivity contribution in [2.45, 2.75) is 38.8 Å². The number of hydrogen-bond donors (Lipinski definition) is 0. The van der Waals surface area contributed by atoms with Crippen molar-refractivity contribution in [3.8, 4) is 11.5 Å². The Morgan fingerprint density at radius 3 is 2.89 bits per heavy atom. The molecule has 0 radical (unpaired) electrons. The number of likely N-dealkylation sites (tertiary alicyclic amines) is 1. The van der Waals surface area contributed by atoms with E-state index < -0.39 is 0 Å². The fourth-order valence-electron chi connectivity index (χ4n) is 3.55. The summed E-state index contributed by atoms with van der Waals surface area (Å²) in [6.45, 7) is 4.24. The minimum atomic E-state index is -0.375. The molecule has 0 N–H and O–H groups in total. The van der Waals surface area contributed by atoms with Gasteiger partial charge in [-0.2, -0.15) is 0 Å². The van der Waals surface area contributed by atoms with E-state index in [4.69, 9.17) is 4.42 Å². The van der Waals surface area contributed by atoms with Gasteiger partial charge in [0.1, 0.15) is 5.82 Å². The van der Waals surface area contributed by atoms with Crippen molar-refractivity contribution in [3.63, 3.8) is 0 Å². The summed E-state index contributed by atoms with van der Waals surface area (Å²) in [6, 6.07) is 6.40. The molecule has 1 aliphatic rings. The fraction of sp³-hybridized carbons (Fsp3) is 0.421. The van der Waals surface area contributed by atoms with Crippen molar-refractivity contribution >= 4 is 11.3 Å². The van der Waals surface area contributed by atoms with Gasteiger partial charge in [-0.25, -0.2) is 4.39 Å². The standard InChI is InChI=1S/C19H21FN4O2S/c1-13-12-27-19(25)24(13)11-10-23-9-5-4-8-16(23)18-22-21-17(26-18)14-6-2-3-7-15(14)20/h2-3,6-7,12,16H,4-5,8-11H2,1H3/t16-/m1/s1. The highest BCUT2D eigenvalue weighted by Gasteiger charge is 2.29. The molecule has 0 bridgehead atoms. The Morgan fingerprint density at radius 1 is 1.26 bits per heavy atom. The lowest BCUT2D eigenvalue weighted by Gasteiger charge is -2.33. The van der Waals surface area contributed by atoms with Crippen LogP contribution in [0.1, 0.15) is 36.9 Å². The van der Waals surface area contributed by atoms with Crippen molar-refractivity contribution < 1.29 is 8.81 Å². The van der Waals surface area contributed by atoms with Gasteiger partial charge in [0.2, 0.25) is 5.89 Å². The highest BCUT2D eigenvalue weighted by molar-refractivity contribution is 7.07. The number of aryl methyl sites for hydroxylation is 1. The molecule has 1 atom stereocenters. The normalized spacial score (nSPS) is 18.1. The third-order valence-corrected chi connectivity index (χ3v) is 5.91. The third-order valence-electron chi connectivity index (χ3n) is 5.03. The molecule has 142 valence electrons. The van der Waals surface area contributed by atoms with Crippen molar-refractivity contribution in [2.75, 3.05) is 13.1 Å². The maximum Gasteiger partial charge on any atom is 0.307 e. The quantitative estimate of drug-likeness (QED) is 0.668. The van der Waals surface area contributed by atoms with Crippen LogP contribution in [0.2, 0.25) is 0 Å². The molecule has 1 aliphatic heterocycles. The monoisotopic (exact) mass is 388 g/mol. The van der Waals surface area contributed by atoms with Crippen LogP contribution in [0.5, 0.6) is 0 Å². The van der Waals surface area contributed by atoms with Gasteiger partial charge in [-0.3, -0.25) is 9.69 Å². The highest BCUT2D eigenvalue weighted by atomic mass is 32.1. The molecule has 1 fully saturated rings. The third kappa shape index (κ3) is 3.72. The zero-order valence-electron chi connectivity index (χ0n) is 15.1. The van der Waals surface area contributed by atoms with Crippen LogP contribution >= 0.6 is 11.3 Å². The van der Waals surface area contributed by atoms with Gasteiger partial charge in [0, 0.05) is 24.2 Å². The van der Waals surface area contributed by atoms with Gasteiger partial charge < -0.3 is 8.98 Å².